The number of nitriles is 1. The Kier molecular flexibility index (Phi) is 2.44. The zero-order valence-electron chi connectivity index (χ0n) is 8.18. The molecule has 2 aromatic rings. The summed E-state index contributed by atoms with van der Waals surface area (Å²) < 4.78 is 5.36. The number of hydrogen-bond acceptors (Lipinski definition) is 3. The van der Waals surface area contributed by atoms with E-state index in [1.165, 1.54) is 6.08 Å². The summed E-state index contributed by atoms with van der Waals surface area (Å²) in [7, 11) is 0. The second kappa shape index (κ2) is 3.91. The van der Waals surface area contributed by atoms with Crippen LogP contribution in [0.2, 0.25) is 0 Å². The maximum Gasteiger partial charge on any atom is 0.346 e. The predicted molar refractivity (Wildman–Crippen MR) is 57.4 cm³/mol. The number of carboxylic acid groups (broad SMARTS) is 1. The number of nitrogens with zero attached hydrogens (tertiary/aromatic N) is 1. The molecular weight excluding hydrogens is 206 g/mol. The first-order valence-electron chi connectivity index (χ1n) is 4.54. The van der Waals surface area contributed by atoms with Gasteiger partial charge >= 0.3 is 5.97 Å². The smallest absolute Gasteiger partial charge is 0.346 e. The van der Waals surface area contributed by atoms with Gasteiger partial charge in [0, 0.05) is 11.5 Å². The van der Waals surface area contributed by atoms with E-state index in [4.69, 9.17) is 14.8 Å². The van der Waals surface area contributed by atoms with Gasteiger partial charge in [0.1, 0.15) is 23.0 Å². The molecule has 0 fully saturated rings. The number of benzene rings is 1. The van der Waals surface area contributed by atoms with E-state index in [-0.39, 0.29) is 5.57 Å². The van der Waals surface area contributed by atoms with Gasteiger partial charge in [0.2, 0.25) is 0 Å². The molecule has 0 atom stereocenters. The third kappa shape index (κ3) is 1.79. The van der Waals surface area contributed by atoms with E-state index in [1.54, 1.807) is 18.2 Å². The molecule has 0 saturated heterocycles. The summed E-state index contributed by atoms with van der Waals surface area (Å²) >= 11 is 0. The SMILES string of the molecule is N#CC(=Cc1cc2ccccc2o1)C(=O)O. The highest BCUT2D eigenvalue weighted by molar-refractivity contribution is 5.96. The zero-order chi connectivity index (χ0) is 11.5. The molecular formula is C12H7NO3. The van der Waals surface area contributed by atoms with Gasteiger partial charge in [-0.3, -0.25) is 0 Å². The topological polar surface area (TPSA) is 74.2 Å². The van der Waals surface area contributed by atoms with Gasteiger partial charge in [-0.1, -0.05) is 18.2 Å². The van der Waals surface area contributed by atoms with Crippen LogP contribution in [0.4, 0.5) is 0 Å². The van der Waals surface area contributed by atoms with Gasteiger partial charge in [-0.15, -0.1) is 0 Å². The predicted octanol–water partition coefficient (Wildman–Crippen LogP) is 2.42. The van der Waals surface area contributed by atoms with E-state index in [0.717, 1.165) is 5.39 Å². The van der Waals surface area contributed by atoms with Crippen molar-refractivity contribution >= 4 is 23.0 Å². The Balaban J connectivity index is 2.49. The fraction of sp³-hybridized carbons (Fsp3) is 0. The molecule has 0 amide bonds. The van der Waals surface area contributed by atoms with E-state index < -0.39 is 5.97 Å². The number of rotatable bonds is 2. The Labute approximate surface area is 91.0 Å². The lowest BCUT2D eigenvalue weighted by atomic mass is 10.2. The largest absolute Gasteiger partial charge is 0.477 e. The van der Waals surface area contributed by atoms with Crippen molar-refractivity contribution in [3.63, 3.8) is 0 Å². The van der Waals surface area contributed by atoms with Crippen LogP contribution in [-0.2, 0) is 4.79 Å². The summed E-state index contributed by atoms with van der Waals surface area (Å²) in [6.45, 7) is 0. The molecule has 16 heavy (non-hydrogen) atoms. The molecule has 0 aliphatic rings. The van der Waals surface area contributed by atoms with Gasteiger partial charge in [0.05, 0.1) is 0 Å². The minimum atomic E-state index is -1.26. The molecule has 1 aromatic heterocycles. The van der Waals surface area contributed by atoms with Crippen molar-refractivity contribution in [2.24, 2.45) is 0 Å². The highest BCUT2D eigenvalue weighted by Gasteiger charge is 2.08. The first-order valence-corrected chi connectivity index (χ1v) is 4.54. The normalized spacial score (nSPS) is 11.3. The number of aliphatic carboxylic acids is 1. The van der Waals surface area contributed by atoms with Crippen molar-refractivity contribution in [3.8, 4) is 6.07 Å². The fourth-order valence-corrected chi connectivity index (χ4v) is 1.36. The maximum atomic E-state index is 10.6. The molecule has 0 aliphatic heterocycles. The number of furan rings is 1. The summed E-state index contributed by atoms with van der Waals surface area (Å²) in [5, 5.41) is 18.1. The van der Waals surface area contributed by atoms with Crippen molar-refractivity contribution in [2.75, 3.05) is 0 Å². The quantitative estimate of drug-likeness (QED) is 0.614. The standard InChI is InChI=1S/C12H7NO3/c13-7-9(12(14)15)6-10-5-8-3-1-2-4-11(8)16-10/h1-6H,(H,14,15). The second-order valence-electron chi connectivity index (χ2n) is 3.16. The van der Waals surface area contributed by atoms with Crippen molar-refractivity contribution in [1.29, 1.82) is 5.26 Å². The molecule has 2 rings (SSSR count). The van der Waals surface area contributed by atoms with Crippen LogP contribution in [0.5, 0.6) is 0 Å². The number of carboxylic acids is 1. The van der Waals surface area contributed by atoms with Crippen LogP contribution in [0, 0.1) is 11.3 Å². The lowest BCUT2D eigenvalue weighted by molar-refractivity contribution is -0.132. The maximum absolute atomic E-state index is 10.6. The number of carbonyl (C=O) groups is 1. The van der Waals surface area contributed by atoms with Crippen molar-refractivity contribution < 1.29 is 14.3 Å². The van der Waals surface area contributed by atoms with E-state index in [1.807, 2.05) is 18.2 Å². The van der Waals surface area contributed by atoms with Crippen LogP contribution in [0.25, 0.3) is 17.0 Å². The molecule has 78 valence electrons. The summed E-state index contributed by atoms with van der Waals surface area (Å²) in [6.07, 6.45) is 1.21. The average molecular weight is 213 g/mol. The van der Waals surface area contributed by atoms with Crippen LogP contribution in [0.1, 0.15) is 5.76 Å². The molecule has 0 unspecified atom stereocenters. The molecule has 1 aromatic carbocycles. The third-order valence-corrected chi connectivity index (χ3v) is 2.08. The van der Waals surface area contributed by atoms with Gasteiger partial charge in [0.15, 0.2) is 0 Å². The van der Waals surface area contributed by atoms with Crippen molar-refractivity contribution in [3.05, 3.63) is 41.7 Å². The van der Waals surface area contributed by atoms with Gasteiger partial charge in [-0.25, -0.2) is 4.79 Å². The van der Waals surface area contributed by atoms with Crippen LogP contribution in [0.3, 0.4) is 0 Å². The molecule has 0 saturated carbocycles. The Morgan fingerprint density at radius 1 is 1.44 bits per heavy atom. The van der Waals surface area contributed by atoms with E-state index in [0.29, 0.717) is 11.3 Å². The number of fused-ring (bicyclic) bond motifs is 1. The molecule has 1 heterocycles. The number of hydrogen-bond donors (Lipinski definition) is 1. The van der Waals surface area contributed by atoms with Gasteiger partial charge in [-0.2, -0.15) is 5.26 Å². The molecule has 4 nitrogen and oxygen atoms in total. The van der Waals surface area contributed by atoms with Crippen molar-refractivity contribution in [1.82, 2.24) is 0 Å². The first kappa shape index (κ1) is 9.99. The number of para-hydroxylation sites is 1. The van der Waals surface area contributed by atoms with Gasteiger partial charge in [0.25, 0.3) is 0 Å². The average Bonchev–Trinajstić information content (AvgIpc) is 2.67. The Morgan fingerprint density at radius 3 is 2.81 bits per heavy atom. The van der Waals surface area contributed by atoms with E-state index in [9.17, 15) is 4.79 Å². The third-order valence-electron chi connectivity index (χ3n) is 2.08. The van der Waals surface area contributed by atoms with Crippen LogP contribution in [0.15, 0.2) is 40.3 Å². The summed E-state index contributed by atoms with van der Waals surface area (Å²) in [5.74, 6) is -0.900. The molecule has 4 heteroatoms. The zero-order valence-corrected chi connectivity index (χ0v) is 8.18. The van der Waals surface area contributed by atoms with Crippen LogP contribution in [-0.4, -0.2) is 11.1 Å². The monoisotopic (exact) mass is 213 g/mol. The lowest BCUT2D eigenvalue weighted by Crippen LogP contribution is -1.96. The van der Waals surface area contributed by atoms with Gasteiger partial charge in [-0.05, 0) is 12.1 Å². The highest BCUT2D eigenvalue weighted by atomic mass is 16.4. The lowest BCUT2D eigenvalue weighted by Gasteiger charge is -1.87. The Bertz CT molecular complexity index is 583. The minimum Gasteiger partial charge on any atom is -0.477 e. The minimum absolute atomic E-state index is 0.348. The Hall–Kier alpha value is -2.54. The summed E-state index contributed by atoms with van der Waals surface area (Å²) in [6, 6.07) is 10.6. The highest BCUT2D eigenvalue weighted by Crippen LogP contribution is 2.20. The van der Waals surface area contributed by atoms with Crippen LogP contribution < -0.4 is 0 Å². The molecule has 0 spiro atoms. The molecule has 0 aliphatic carbocycles. The summed E-state index contributed by atoms with van der Waals surface area (Å²) in [4.78, 5) is 10.6. The first-order chi connectivity index (χ1) is 7.70. The molecule has 0 radical (unpaired) electrons. The van der Waals surface area contributed by atoms with Gasteiger partial charge < -0.3 is 9.52 Å². The summed E-state index contributed by atoms with van der Waals surface area (Å²) in [5.41, 5.74) is 0.315. The van der Waals surface area contributed by atoms with Crippen LogP contribution >= 0.6 is 0 Å². The molecule has 1 N–H and O–H groups in total. The van der Waals surface area contributed by atoms with E-state index in [2.05, 4.69) is 0 Å². The fourth-order valence-electron chi connectivity index (χ4n) is 1.36. The van der Waals surface area contributed by atoms with E-state index >= 15 is 0 Å². The molecule has 0 bridgehead atoms. The second-order valence-corrected chi connectivity index (χ2v) is 3.16. The van der Waals surface area contributed by atoms with Crippen molar-refractivity contribution in [2.45, 2.75) is 0 Å². The Morgan fingerprint density at radius 2 is 2.19 bits per heavy atom.